The van der Waals surface area contributed by atoms with Gasteiger partial charge in [0, 0.05) is 13.0 Å². The number of amides is 1. The molecule has 2 unspecified atom stereocenters. The van der Waals surface area contributed by atoms with E-state index in [2.05, 4.69) is 5.32 Å². The molecule has 11 heavy (non-hydrogen) atoms. The van der Waals surface area contributed by atoms with Gasteiger partial charge in [-0.1, -0.05) is 6.92 Å². The quantitative estimate of drug-likeness (QED) is 0.647. The van der Waals surface area contributed by atoms with E-state index < -0.39 is 0 Å². The van der Waals surface area contributed by atoms with Crippen molar-refractivity contribution in [1.29, 1.82) is 0 Å². The smallest absolute Gasteiger partial charge is 0.407 e. The Kier molecular flexibility index (Phi) is 2.70. The Balaban J connectivity index is 2.30. The molecule has 0 saturated carbocycles. The van der Waals surface area contributed by atoms with Crippen LogP contribution in [0.3, 0.4) is 0 Å². The van der Waals surface area contributed by atoms with Crippen LogP contribution in [-0.2, 0) is 9.47 Å². The van der Waals surface area contributed by atoms with Crippen LogP contribution >= 0.6 is 0 Å². The van der Waals surface area contributed by atoms with Gasteiger partial charge in [0.2, 0.25) is 0 Å². The summed E-state index contributed by atoms with van der Waals surface area (Å²) < 4.78 is 9.67. The number of alkyl carbamates (subject to hydrolysis) is 1. The van der Waals surface area contributed by atoms with Gasteiger partial charge in [-0.15, -0.1) is 0 Å². The highest BCUT2D eigenvalue weighted by Gasteiger charge is 2.26. The van der Waals surface area contributed by atoms with Crippen molar-refractivity contribution in [2.45, 2.75) is 13.0 Å². The summed E-state index contributed by atoms with van der Waals surface area (Å²) in [6, 6.07) is 0.113. The van der Waals surface area contributed by atoms with E-state index >= 15 is 0 Å². The van der Waals surface area contributed by atoms with Crippen LogP contribution in [0.25, 0.3) is 0 Å². The van der Waals surface area contributed by atoms with E-state index in [1.807, 2.05) is 6.92 Å². The van der Waals surface area contributed by atoms with E-state index in [-0.39, 0.29) is 12.1 Å². The second-order valence-corrected chi connectivity index (χ2v) is 2.78. The molecule has 0 aromatic carbocycles. The molecule has 0 aromatic heterocycles. The fourth-order valence-electron chi connectivity index (χ4n) is 1.09. The van der Waals surface area contributed by atoms with Crippen molar-refractivity contribution in [2.24, 2.45) is 5.92 Å². The number of methoxy groups -OCH3 is 1. The molecule has 1 rings (SSSR count). The third-order valence-corrected chi connectivity index (χ3v) is 1.81. The molecule has 1 heterocycles. The molecule has 1 amide bonds. The van der Waals surface area contributed by atoms with Crippen LogP contribution in [0.2, 0.25) is 0 Å². The molecule has 2 atom stereocenters. The van der Waals surface area contributed by atoms with Crippen LogP contribution in [0.15, 0.2) is 0 Å². The monoisotopic (exact) mass is 159 g/mol. The standard InChI is InChI=1S/C7H13NO3/c1-5(3-10-2)6-4-11-7(9)8-6/h5-6H,3-4H2,1-2H3,(H,8,9). The lowest BCUT2D eigenvalue weighted by molar-refractivity contribution is 0.136. The van der Waals surface area contributed by atoms with Gasteiger partial charge in [0.25, 0.3) is 0 Å². The molecule has 64 valence electrons. The second kappa shape index (κ2) is 3.57. The fourth-order valence-corrected chi connectivity index (χ4v) is 1.09. The van der Waals surface area contributed by atoms with Gasteiger partial charge in [-0.25, -0.2) is 4.79 Å². The van der Waals surface area contributed by atoms with Gasteiger partial charge in [-0.3, -0.25) is 0 Å². The van der Waals surface area contributed by atoms with E-state index in [0.29, 0.717) is 19.1 Å². The number of nitrogens with one attached hydrogen (secondary N) is 1. The summed E-state index contributed by atoms with van der Waals surface area (Å²) >= 11 is 0. The van der Waals surface area contributed by atoms with Gasteiger partial charge in [-0.05, 0) is 0 Å². The zero-order valence-corrected chi connectivity index (χ0v) is 6.79. The maximum Gasteiger partial charge on any atom is 0.407 e. The minimum atomic E-state index is -0.321. The minimum Gasteiger partial charge on any atom is -0.447 e. The number of rotatable bonds is 3. The molecule has 1 aliphatic rings. The van der Waals surface area contributed by atoms with Gasteiger partial charge < -0.3 is 14.8 Å². The highest BCUT2D eigenvalue weighted by molar-refractivity contribution is 5.69. The van der Waals surface area contributed by atoms with Crippen LogP contribution in [-0.4, -0.2) is 32.5 Å². The zero-order chi connectivity index (χ0) is 8.27. The number of hydrogen-bond acceptors (Lipinski definition) is 3. The maximum absolute atomic E-state index is 10.6. The SMILES string of the molecule is COCC(C)C1COC(=O)N1. The van der Waals surface area contributed by atoms with Crippen LogP contribution < -0.4 is 5.32 Å². The number of cyclic esters (lactones) is 1. The Labute approximate surface area is 65.9 Å². The number of ether oxygens (including phenoxy) is 2. The van der Waals surface area contributed by atoms with Gasteiger partial charge in [0.05, 0.1) is 12.6 Å². The highest BCUT2D eigenvalue weighted by atomic mass is 16.6. The Morgan fingerprint density at radius 3 is 3.09 bits per heavy atom. The fraction of sp³-hybridized carbons (Fsp3) is 0.857. The molecule has 0 spiro atoms. The summed E-state index contributed by atoms with van der Waals surface area (Å²) in [6.07, 6.45) is -0.321. The lowest BCUT2D eigenvalue weighted by Crippen LogP contribution is -2.34. The third-order valence-electron chi connectivity index (χ3n) is 1.81. The molecule has 1 fully saturated rings. The lowest BCUT2D eigenvalue weighted by Gasteiger charge is -2.14. The molecule has 0 bridgehead atoms. The van der Waals surface area contributed by atoms with E-state index in [0.717, 1.165) is 0 Å². The predicted octanol–water partition coefficient (Wildman–Crippen LogP) is 0.377. The first-order valence-electron chi connectivity index (χ1n) is 3.66. The average Bonchev–Trinajstić information content (AvgIpc) is 2.36. The molecule has 1 N–H and O–H groups in total. The van der Waals surface area contributed by atoms with Crippen LogP contribution in [0.1, 0.15) is 6.92 Å². The van der Waals surface area contributed by atoms with Crippen molar-refractivity contribution in [2.75, 3.05) is 20.3 Å². The van der Waals surface area contributed by atoms with Crippen molar-refractivity contribution < 1.29 is 14.3 Å². The molecule has 0 aromatic rings. The Morgan fingerprint density at radius 2 is 2.64 bits per heavy atom. The van der Waals surface area contributed by atoms with E-state index in [9.17, 15) is 4.79 Å². The third kappa shape index (κ3) is 2.08. The molecular weight excluding hydrogens is 146 g/mol. The summed E-state index contributed by atoms with van der Waals surface area (Å²) in [5, 5.41) is 2.70. The highest BCUT2D eigenvalue weighted by Crippen LogP contribution is 2.08. The molecule has 4 heteroatoms. The number of hydrogen-bond donors (Lipinski definition) is 1. The van der Waals surface area contributed by atoms with E-state index in [1.54, 1.807) is 7.11 Å². The summed E-state index contributed by atoms with van der Waals surface area (Å²) in [5.74, 6) is 0.312. The first-order chi connectivity index (χ1) is 5.24. The van der Waals surface area contributed by atoms with E-state index in [4.69, 9.17) is 9.47 Å². The van der Waals surface area contributed by atoms with Crippen molar-refractivity contribution >= 4 is 6.09 Å². The topological polar surface area (TPSA) is 47.6 Å². The first-order valence-corrected chi connectivity index (χ1v) is 3.66. The second-order valence-electron chi connectivity index (χ2n) is 2.78. The van der Waals surface area contributed by atoms with Gasteiger partial charge in [0.1, 0.15) is 6.61 Å². The average molecular weight is 159 g/mol. The Morgan fingerprint density at radius 1 is 1.91 bits per heavy atom. The van der Waals surface area contributed by atoms with Crippen molar-refractivity contribution in [3.8, 4) is 0 Å². The largest absolute Gasteiger partial charge is 0.447 e. The van der Waals surface area contributed by atoms with Gasteiger partial charge in [0.15, 0.2) is 0 Å². The summed E-state index contributed by atoms with van der Waals surface area (Å²) in [5.41, 5.74) is 0. The summed E-state index contributed by atoms with van der Waals surface area (Å²) in [6.45, 7) is 3.13. The predicted molar refractivity (Wildman–Crippen MR) is 39.3 cm³/mol. The van der Waals surface area contributed by atoms with Crippen molar-refractivity contribution in [3.63, 3.8) is 0 Å². The molecular formula is C7H13NO3. The van der Waals surface area contributed by atoms with E-state index in [1.165, 1.54) is 0 Å². The zero-order valence-electron chi connectivity index (χ0n) is 6.79. The molecule has 0 aliphatic carbocycles. The lowest BCUT2D eigenvalue weighted by atomic mass is 10.1. The summed E-state index contributed by atoms with van der Waals surface area (Å²) in [4.78, 5) is 10.6. The van der Waals surface area contributed by atoms with Crippen molar-refractivity contribution in [3.05, 3.63) is 0 Å². The maximum atomic E-state index is 10.6. The van der Waals surface area contributed by atoms with Gasteiger partial charge in [-0.2, -0.15) is 0 Å². The van der Waals surface area contributed by atoms with Crippen molar-refractivity contribution in [1.82, 2.24) is 5.32 Å². The molecule has 1 aliphatic heterocycles. The number of carbonyl (C=O) groups excluding carboxylic acids is 1. The van der Waals surface area contributed by atoms with Crippen LogP contribution in [0, 0.1) is 5.92 Å². The molecule has 0 radical (unpaired) electrons. The molecule has 1 saturated heterocycles. The van der Waals surface area contributed by atoms with Crippen LogP contribution in [0.5, 0.6) is 0 Å². The normalized spacial score (nSPS) is 26.0. The van der Waals surface area contributed by atoms with Crippen LogP contribution in [0.4, 0.5) is 4.79 Å². The Hall–Kier alpha value is -0.770. The first kappa shape index (κ1) is 8.33. The number of carbonyl (C=O) groups is 1. The Bertz CT molecular complexity index is 149. The van der Waals surface area contributed by atoms with Gasteiger partial charge >= 0.3 is 6.09 Å². The molecule has 4 nitrogen and oxygen atoms in total. The minimum absolute atomic E-state index is 0.113. The summed E-state index contributed by atoms with van der Waals surface area (Å²) in [7, 11) is 1.65.